The molecule has 1 aromatic carbocycles. The van der Waals surface area contributed by atoms with Gasteiger partial charge in [0.1, 0.15) is 11.6 Å². The highest BCUT2D eigenvalue weighted by Gasteiger charge is 2.50. The van der Waals surface area contributed by atoms with Crippen LogP contribution in [-0.4, -0.2) is 27.9 Å². The van der Waals surface area contributed by atoms with Gasteiger partial charge in [0.25, 0.3) is 0 Å². The fourth-order valence-electron chi connectivity index (χ4n) is 2.64. The number of hydrogen-bond acceptors (Lipinski definition) is 2. The number of nitrogens with zero attached hydrogens (tertiary/aromatic N) is 1. The molecule has 0 bridgehead atoms. The zero-order chi connectivity index (χ0) is 15.9. The average molecular weight is 297 g/mol. The molecule has 21 heavy (non-hydrogen) atoms. The lowest BCUT2D eigenvalue weighted by molar-refractivity contribution is -0.159. The first-order valence-electron chi connectivity index (χ1n) is 6.69. The first kappa shape index (κ1) is 15.4. The van der Waals surface area contributed by atoms with Gasteiger partial charge in [0.15, 0.2) is 5.54 Å². The molecule has 1 aromatic rings. The van der Waals surface area contributed by atoms with Crippen molar-refractivity contribution in [1.29, 1.82) is 0 Å². The van der Waals surface area contributed by atoms with Crippen molar-refractivity contribution in [2.24, 2.45) is 0 Å². The van der Waals surface area contributed by atoms with Crippen LogP contribution in [0.5, 0.6) is 0 Å². The van der Waals surface area contributed by atoms with Gasteiger partial charge in [0.2, 0.25) is 5.91 Å². The molecule has 0 aliphatic heterocycles. The Kier molecular flexibility index (Phi) is 3.74. The second kappa shape index (κ2) is 5.09. The molecule has 1 atom stereocenters. The first-order chi connectivity index (χ1) is 9.69. The maximum absolute atomic E-state index is 14.2. The summed E-state index contributed by atoms with van der Waals surface area (Å²) < 4.78 is 28.0. The third-order valence-electron chi connectivity index (χ3n) is 3.92. The minimum Gasteiger partial charge on any atom is -0.479 e. The summed E-state index contributed by atoms with van der Waals surface area (Å²) in [7, 11) is 0. The Balaban J connectivity index is 2.64. The van der Waals surface area contributed by atoms with Crippen LogP contribution in [0.25, 0.3) is 0 Å². The van der Waals surface area contributed by atoms with Gasteiger partial charge >= 0.3 is 5.97 Å². The normalized spacial score (nSPS) is 17.2. The number of carboxylic acids is 1. The zero-order valence-electron chi connectivity index (χ0n) is 12.1. The molecule has 6 heteroatoms. The summed E-state index contributed by atoms with van der Waals surface area (Å²) in [4.78, 5) is 24.8. The van der Waals surface area contributed by atoms with E-state index in [4.69, 9.17) is 0 Å². The maximum Gasteiger partial charge on any atom is 0.334 e. The Bertz CT molecular complexity index is 613. The predicted octanol–water partition coefficient (Wildman–Crippen LogP) is 2.58. The Morgan fingerprint density at radius 1 is 1.29 bits per heavy atom. The number of rotatable bonds is 4. The number of hydrogen-bond donors (Lipinski definition) is 1. The number of aliphatic carboxylic acids is 1. The molecule has 1 aliphatic rings. The number of carbonyl (C=O) groups excluding carboxylic acids is 1. The number of carboxylic acid groups (broad SMARTS) is 1. The summed E-state index contributed by atoms with van der Waals surface area (Å²) in [5.74, 6) is -3.38. The van der Waals surface area contributed by atoms with Crippen molar-refractivity contribution in [2.75, 3.05) is 0 Å². The van der Waals surface area contributed by atoms with E-state index in [-0.39, 0.29) is 17.2 Å². The van der Waals surface area contributed by atoms with Crippen LogP contribution in [0.4, 0.5) is 8.78 Å². The molecule has 1 saturated carbocycles. The van der Waals surface area contributed by atoms with E-state index in [1.807, 2.05) is 0 Å². The third-order valence-corrected chi connectivity index (χ3v) is 3.92. The topological polar surface area (TPSA) is 57.6 Å². The molecule has 0 radical (unpaired) electrons. The molecule has 1 fully saturated rings. The zero-order valence-corrected chi connectivity index (χ0v) is 12.1. The van der Waals surface area contributed by atoms with Crippen LogP contribution >= 0.6 is 0 Å². The minimum atomic E-state index is -1.92. The first-order valence-corrected chi connectivity index (χ1v) is 6.69. The summed E-state index contributed by atoms with van der Waals surface area (Å²) in [5, 5.41) is 9.58. The van der Waals surface area contributed by atoms with E-state index in [9.17, 15) is 23.5 Å². The van der Waals surface area contributed by atoms with E-state index in [2.05, 4.69) is 0 Å². The highest BCUT2D eigenvalue weighted by molar-refractivity contribution is 5.87. The second-order valence-electron chi connectivity index (χ2n) is 5.58. The lowest BCUT2D eigenvalue weighted by atomic mass is 9.88. The number of halogens is 2. The second-order valence-corrected chi connectivity index (χ2v) is 5.58. The highest BCUT2D eigenvalue weighted by Crippen LogP contribution is 2.40. The molecular formula is C15H17F2NO3. The molecule has 1 unspecified atom stereocenters. The number of amides is 1. The van der Waals surface area contributed by atoms with E-state index >= 15 is 0 Å². The van der Waals surface area contributed by atoms with Crippen LogP contribution in [0.3, 0.4) is 0 Å². The van der Waals surface area contributed by atoms with Gasteiger partial charge in [-0.15, -0.1) is 0 Å². The standard InChI is InChI=1S/C15H17F2NO3/c1-8-6-13(17)11(7-12(8)16)15(3,14(20)21)18(9(2)19)10-4-5-10/h6-7,10H,4-5H2,1-3H3,(H,20,21). The van der Waals surface area contributed by atoms with Gasteiger partial charge in [-0.2, -0.15) is 0 Å². The van der Waals surface area contributed by atoms with Crippen molar-refractivity contribution in [2.45, 2.75) is 45.2 Å². The van der Waals surface area contributed by atoms with Crippen LogP contribution in [-0.2, 0) is 15.1 Å². The van der Waals surface area contributed by atoms with Gasteiger partial charge in [0, 0.05) is 18.5 Å². The number of carbonyl (C=O) groups is 2. The predicted molar refractivity (Wildman–Crippen MR) is 71.6 cm³/mol. The van der Waals surface area contributed by atoms with E-state index in [0.29, 0.717) is 12.8 Å². The molecule has 114 valence electrons. The van der Waals surface area contributed by atoms with Crippen molar-refractivity contribution >= 4 is 11.9 Å². The Labute approximate surface area is 121 Å². The van der Waals surface area contributed by atoms with Crippen molar-refractivity contribution in [3.63, 3.8) is 0 Å². The van der Waals surface area contributed by atoms with Gasteiger partial charge in [-0.25, -0.2) is 13.6 Å². The van der Waals surface area contributed by atoms with Crippen LogP contribution in [0.2, 0.25) is 0 Å². The van der Waals surface area contributed by atoms with Gasteiger partial charge in [0.05, 0.1) is 0 Å². The maximum atomic E-state index is 14.2. The molecule has 1 N–H and O–H groups in total. The molecule has 0 heterocycles. The fourth-order valence-corrected chi connectivity index (χ4v) is 2.64. The highest BCUT2D eigenvalue weighted by atomic mass is 19.1. The lowest BCUT2D eigenvalue weighted by Crippen LogP contribution is -2.53. The van der Waals surface area contributed by atoms with Crippen LogP contribution in [0.1, 0.15) is 37.8 Å². The molecule has 4 nitrogen and oxygen atoms in total. The quantitative estimate of drug-likeness (QED) is 0.929. The van der Waals surface area contributed by atoms with E-state index in [1.165, 1.54) is 20.8 Å². The molecule has 0 saturated heterocycles. The average Bonchev–Trinajstić information content (AvgIpc) is 3.17. The summed E-state index contributed by atoms with van der Waals surface area (Å²) in [6, 6.07) is 1.58. The SMILES string of the molecule is CC(=O)N(C1CC1)C(C)(C(=O)O)c1cc(F)c(C)cc1F. The minimum absolute atomic E-state index is 0.0878. The fraction of sp³-hybridized carbons (Fsp3) is 0.467. The Hall–Kier alpha value is -1.98. The molecule has 0 spiro atoms. The van der Waals surface area contributed by atoms with Crippen molar-refractivity contribution < 1.29 is 23.5 Å². The third kappa shape index (κ3) is 2.50. The van der Waals surface area contributed by atoms with Crippen molar-refractivity contribution in [3.05, 3.63) is 34.9 Å². The molecular weight excluding hydrogens is 280 g/mol. The Morgan fingerprint density at radius 3 is 2.29 bits per heavy atom. The monoisotopic (exact) mass is 297 g/mol. The van der Waals surface area contributed by atoms with Crippen LogP contribution in [0, 0.1) is 18.6 Å². The van der Waals surface area contributed by atoms with Crippen LogP contribution < -0.4 is 0 Å². The van der Waals surface area contributed by atoms with E-state index < -0.39 is 29.0 Å². The molecule has 0 aromatic heterocycles. The van der Waals surface area contributed by atoms with Crippen molar-refractivity contribution in [3.8, 4) is 0 Å². The largest absolute Gasteiger partial charge is 0.479 e. The summed E-state index contributed by atoms with van der Waals surface area (Å²) in [5.41, 5.74) is -2.17. The van der Waals surface area contributed by atoms with Crippen LogP contribution in [0.15, 0.2) is 12.1 Å². The molecule has 2 rings (SSSR count). The van der Waals surface area contributed by atoms with E-state index in [1.54, 1.807) is 0 Å². The Morgan fingerprint density at radius 2 is 1.86 bits per heavy atom. The summed E-state index contributed by atoms with van der Waals surface area (Å²) >= 11 is 0. The van der Waals surface area contributed by atoms with Gasteiger partial charge in [-0.3, -0.25) is 4.79 Å². The summed E-state index contributed by atoms with van der Waals surface area (Å²) in [6.07, 6.45) is 1.33. The number of aryl methyl sites for hydroxylation is 1. The molecule has 1 amide bonds. The van der Waals surface area contributed by atoms with Gasteiger partial charge < -0.3 is 10.0 Å². The van der Waals surface area contributed by atoms with E-state index in [0.717, 1.165) is 17.0 Å². The number of benzene rings is 1. The lowest BCUT2D eigenvalue weighted by Gasteiger charge is -2.38. The van der Waals surface area contributed by atoms with Gasteiger partial charge in [-0.05, 0) is 44.4 Å². The van der Waals surface area contributed by atoms with Crippen molar-refractivity contribution in [1.82, 2.24) is 4.90 Å². The molecule has 1 aliphatic carbocycles. The van der Waals surface area contributed by atoms with Gasteiger partial charge in [-0.1, -0.05) is 0 Å². The smallest absolute Gasteiger partial charge is 0.334 e. The summed E-state index contributed by atoms with van der Waals surface area (Å²) in [6.45, 7) is 3.87.